The predicted molar refractivity (Wildman–Crippen MR) is 114 cm³/mol. The zero-order valence-corrected chi connectivity index (χ0v) is 15.8. The Balaban J connectivity index is 1.80. The van der Waals surface area contributed by atoms with E-state index in [-0.39, 0.29) is 5.56 Å². The molecule has 0 aliphatic carbocycles. The predicted octanol–water partition coefficient (Wildman–Crippen LogP) is 4.45. The molecule has 0 aliphatic heterocycles. The summed E-state index contributed by atoms with van der Waals surface area (Å²) in [7, 11) is 0. The lowest BCUT2D eigenvalue weighted by atomic mass is 10.1. The Morgan fingerprint density at radius 3 is 2.54 bits per heavy atom. The third kappa shape index (κ3) is 3.42. The average Bonchev–Trinajstić information content (AvgIpc) is 2.71. The summed E-state index contributed by atoms with van der Waals surface area (Å²) in [5.41, 5.74) is 7.49. The monoisotopic (exact) mass is 368 g/mol. The molecule has 0 saturated heterocycles. The molecule has 0 atom stereocenters. The van der Waals surface area contributed by atoms with E-state index in [1.165, 1.54) is 0 Å². The zero-order valence-electron chi connectivity index (χ0n) is 15.8. The summed E-state index contributed by atoms with van der Waals surface area (Å²) in [6.07, 6.45) is 1.75. The quantitative estimate of drug-likeness (QED) is 0.428. The number of anilines is 1. The molecule has 138 valence electrons. The highest BCUT2D eigenvalue weighted by Crippen LogP contribution is 2.16. The molecular weight excluding hydrogens is 348 g/mol. The Morgan fingerprint density at radius 1 is 0.964 bits per heavy atom. The van der Waals surface area contributed by atoms with Crippen molar-refractivity contribution in [2.24, 2.45) is 5.10 Å². The summed E-state index contributed by atoms with van der Waals surface area (Å²) in [6, 6.07) is 22.9. The van der Waals surface area contributed by atoms with Gasteiger partial charge in [-0.1, -0.05) is 54.1 Å². The van der Waals surface area contributed by atoms with Crippen LogP contribution in [0.1, 0.15) is 16.7 Å². The van der Waals surface area contributed by atoms with Crippen LogP contribution >= 0.6 is 0 Å². The molecule has 28 heavy (non-hydrogen) atoms. The minimum Gasteiger partial charge on any atom is -0.268 e. The van der Waals surface area contributed by atoms with Gasteiger partial charge in [0.25, 0.3) is 5.56 Å². The van der Waals surface area contributed by atoms with Crippen molar-refractivity contribution in [2.45, 2.75) is 13.8 Å². The molecule has 0 amide bonds. The maximum absolute atomic E-state index is 13.1. The molecule has 1 N–H and O–H groups in total. The summed E-state index contributed by atoms with van der Waals surface area (Å²) in [6.45, 7) is 4.08. The van der Waals surface area contributed by atoms with Crippen LogP contribution in [-0.2, 0) is 0 Å². The first-order valence-electron chi connectivity index (χ1n) is 9.07. The van der Waals surface area contributed by atoms with Crippen LogP contribution in [-0.4, -0.2) is 15.8 Å². The van der Waals surface area contributed by atoms with Gasteiger partial charge in [0, 0.05) is 0 Å². The highest BCUT2D eigenvalue weighted by atomic mass is 16.1. The van der Waals surface area contributed by atoms with Gasteiger partial charge in [-0.25, -0.2) is 15.0 Å². The molecule has 0 radical (unpaired) electrons. The van der Waals surface area contributed by atoms with Crippen molar-refractivity contribution in [3.05, 3.63) is 99.8 Å². The standard InChI is InChI=1S/C23H20N4O/c1-16-12-13-17(2)18(14-16)15-24-26-23-25-21-11-7-6-10-20(21)22(28)27(23)19-8-4-3-5-9-19/h3-15H,1-2H3,(H,25,26)/b24-15+. The largest absolute Gasteiger partial charge is 0.268 e. The van der Waals surface area contributed by atoms with Crippen LogP contribution in [0.3, 0.4) is 0 Å². The second kappa shape index (κ2) is 7.48. The number of fused-ring (bicyclic) bond motifs is 1. The number of nitrogens with one attached hydrogen (secondary N) is 1. The lowest BCUT2D eigenvalue weighted by molar-refractivity contribution is 0.956. The van der Waals surface area contributed by atoms with Gasteiger partial charge in [0.1, 0.15) is 0 Å². The van der Waals surface area contributed by atoms with E-state index in [9.17, 15) is 4.79 Å². The van der Waals surface area contributed by atoms with Crippen LogP contribution in [0.4, 0.5) is 5.95 Å². The van der Waals surface area contributed by atoms with Crippen molar-refractivity contribution >= 4 is 23.1 Å². The van der Waals surface area contributed by atoms with Crippen molar-refractivity contribution < 1.29 is 0 Å². The van der Waals surface area contributed by atoms with E-state index in [4.69, 9.17) is 0 Å². The highest BCUT2D eigenvalue weighted by molar-refractivity contribution is 5.83. The average molecular weight is 368 g/mol. The molecule has 1 aromatic heterocycles. The van der Waals surface area contributed by atoms with Gasteiger partial charge in [0.15, 0.2) is 0 Å². The zero-order chi connectivity index (χ0) is 19.5. The van der Waals surface area contributed by atoms with E-state index in [1.54, 1.807) is 16.8 Å². The first-order valence-corrected chi connectivity index (χ1v) is 9.07. The fourth-order valence-corrected chi connectivity index (χ4v) is 3.08. The summed E-state index contributed by atoms with van der Waals surface area (Å²) in [5, 5.41) is 4.92. The molecule has 0 spiro atoms. The maximum atomic E-state index is 13.1. The van der Waals surface area contributed by atoms with E-state index in [0.717, 1.165) is 22.4 Å². The smallest absolute Gasteiger partial charge is 0.267 e. The van der Waals surface area contributed by atoms with Crippen LogP contribution in [0.2, 0.25) is 0 Å². The highest BCUT2D eigenvalue weighted by Gasteiger charge is 2.12. The summed E-state index contributed by atoms with van der Waals surface area (Å²) in [5.74, 6) is 0.372. The number of hydrogen-bond acceptors (Lipinski definition) is 4. The third-order valence-electron chi connectivity index (χ3n) is 4.59. The SMILES string of the molecule is Cc1ccc(C)c(/C=N/Nc2nc3ccccc3c(=O)n2-c2ccccc2)c1. The number of hydrogen-bond donors (Lipinski definition) is 1. The molecule has 0 unspecified atom stereocenters. The van der Waals surface area contributed by atoms with Crippen LogP contribution in [0.5, 0.6) is 0 Å². The second-order valence-corrected chi connectivity index (χ2v) is 6.66. The van der Waals surface area contributed by atoms with Gasteiger partial charge >= 0.3 is 0 Å². The fourth-order valence-electron chi connectivity index (χ4n) is 3.08. The Morgan fingerprint density at radius 2 is 1.71 bits per heavy atom. The number of hydrazone groups is 1. The number of aromatic nitrogens is 2. The second-order valence-electron chi connectivity index (χ2n) is 6.66. The van der Waals surface area contributed by atoms with Crippen molar-refractivity contribution in [3.63, 3.8) is 0 Å². The van der Waals surface area contributed by atoms with Crippen LogP contribution < -0.4 is 11.0 Å². The van der Waals surface area contributed by atoms with Crippen LogP contribution in [0.25, 0.3) is 16.6 Å². The Bertz CT molecular complexity index is 1230. The summed E-state index contributed by atoms with van der Waals surface area (Å²) < 4.78 is 1.54. The molecule has 0 saturated carbocycles. The van der Waals surface area contributed by atoms with Gasteiger partial charge < -0.3 is 0 Å². The van der Waals surface area contributed by atoms with E-state index in [0.29, 0.717) is 16.9 Å². The van der Waals surface area contributed by atoms with Gasteiger partial charge in [-0.3, -0.25) is 4.79 Å². The van der Waals surface area contributed by atoms with Gasteiger partial charge in [0.2, 0.25) is 5.95 Å². The Hall–Kier alpha value is -3.73. The lowest BCUT2D eigenvalue weighted by Gasteiger charge is -2.12. The van der Waals surface area contributed by atoms with Crippen molar-refractivity contribution in [2.75, 3.05) is 5.43 Å². The molecule has 0 fully saturated rings. The van der Waals surface area contributed by atoms with Gasteiger partial charge in [-0.15, -0.1) is 0 Å². The summed E-state index contributed by atoms with van der Waals surface area (Å²) >= 11 is 0. The van der Waals surface area contributed by atoms with Gasteiger partial charge in [-0.2, -0.15) is 5.10 Å². The molecule has 1 heterocycles. The normalized spacial score (nSPS) is 11.2. The minimum atomic E-state index is -0.138. The Kier molecular flexibility index (Phi) is 4.72. The van der Waals surface area contributed by atoms with Crippen molar-refractivity contribution in [3.8, 4) is 5.69 Å². The number of aryl methyl sites for hydroxylation is 2. The van der Waals surface area contributed by atoms with E-state index in [1.807, 2.05) is 62.4 Å². The van der Waals surface area contributed by atoms with E-state index < -0.39 is 0 Å². The number of para-hydroxylation sites is 2. The van der Waals surface area contributed by atoms with E-state index >= 15 is 0 Å². The van der Waals surface area contributed by atoms with Crippen molar-refractivity contribution in [1.82, 2.24) is 9.55 Å². The first-order chi connectivity index (χ1) is 13.6. The molecular formula is C23H20N4O. The first kappa shape index (κ1) is 17.7. The number of nitrogens with zero attached hydrogens (tertiary/aromatic N) is 3. The minimum absolute atomic E-state index is 0.138. The lowest BCUT2D eigenvalue weighted by Crippen LogP contribution is -2.22. The van der Waals surface area contributed by atoms with Crippen LogP contribution in [0.15, 0.2) is 82.7 Å². The number of benzene rings is 3. The molecule has 4 rings (SSSR count). The molecule has 0 bridgehead atoms. The summed E-state index contributed by atoms with van der Waals surface area (Å²) in [4.78, 5) is 17.7. The molecule has 5 nitrogen and oxygen atoms in total. The third-order valence-corrected chi connectivity index (χ3v) is 4.59. The number of rotatable bonds is 4. The topological polar surface area (TPSA) is 59.3 Å². The van der Waals surface area contributed by atoms with Gasteiger partial charge in [0.05, 0.1) is 22.8 Å². The molecule has 4 aromatic rings. The van der Waals surface area contributed by atoms with Gasteiger partial charge in [-0.05, 0) is 49.2 Å². The van der Waals surface area contributed by atoms with Crippen LogP contribution in [0, 0.1) is 13.8 Å². The van der Waals surface area contributed by atoms with E-state index in [2.05, 4.69) is 33.7 Å². The molecule has 0 aliphatic rings. The molecule has 3 aromatic carbocycles. The Labute approximate surface area is 163 Å². The fraction of sp³-hybridized carbons (Fsp3) is 0.0870. The maximum Gasteiger partial charge on any atom is 0.267 e. The van der Waals surface area contributed by atoms with Crippen molar-refractivity contribution in [1.29, 1.82) is 0 Å². The molecule has 5 heteroatoms.